The number of amides is 1. The summed E-state index contributed by atoms with van der Waals surface area (Å²) in [6, 6.07) is 0. The van der Waals surface area contributed by atoms with E-state index in [9.17, 15) is 9.59 Å². The van der Waals surface area contributed by atoms with Crippen molar-refractivity contribution in [2.24, 2.45) is 0 Å². The maximum absolute atomic E-state index is 11.9. The Bertz CT molecular complexity index is 315. The van der Waals surface area contributed by atoms with E-state index in [2.05, 4.69) is 6.58 Å². The Kier molecular flexibility index (Phi) is 13.7. The summed E-state index contributed by atoms with van der Waals surface area (Å²) >= 11 is 0. The van der Waals surface area contributed by atoms with Crippen molar-refractivity contribution in [2.45, 2.75) is 77.0 Å². The van der Waals surface area contributed by atoms with Gasteiger partial charge >= 0.3 is 5.97 Å². The molecule has 0 aliphatic carbocycles. The SMILES string of the molecule is C=CCCCCCCCCC(=O)N(C)CCCCCC(=O)O. The number of hydrogen-bond acceptors (Lipinski definition) is 2. The predicted octanol–water partition coefficient (Wildman–Crippen LogP) is 4.40. The number of nitrogens with zero attached hydrogens (tertiary/aromatic N) is 1. The Labute approximate surface area is 135 Å². The molecule has 1 N–H and O–H groups in total. The van der Waals surface area contributed by atoms with Crippen LogP contribution >= 0.6 is 0 Å². The zero-order valence-corrected chi connectivity index (χ0v) is 14.2. The van der Waals surface area contributed by atoms with Crippen LogP contribution in [0.25, 0.3) is 0 Å². The van der Waals surface area contributed by atoms with Crippen LogP contribution in [0.4, 0.5) is 0 Å². The van der Waals surface area contributed by atoms with Gasteiger partial charge in [-0.2, -0.15) is 0 Å². The van der Waals surface area contributed by atoms with Crippen LogP contribution in [0, 0.1) is 0 Å². The molecule has 128 valence electrons. The van der Waals surface area contributed by atoms with Gasteiger partial charge in [0, 0.05) is 26.4 Å². The summed E-state index contributed by atoms with van der Waals surface area (Å²) in [4.78, 5) is 24.1. The number of hydrogen-bond donors (Lipinski definition) is 1. The monoisotopic (exact) mass is 311 g/mol. The first kappa shape index (κ1) is 20.7. The molecule has 0 aromatic rings. The van der Waals surface area contributed by atoms with Crippen molar-refractivity contribution in [3.8, 4) is 0 Å². The summed E-state index contributed by atoms with van der Waals surface area (Å²) < 4.78 is 0. The minimum absolute atomic E-state index is 0.213. The molecule has 0 heterocycles. The standard InChI is InChI=1S/C18H33NO3/c1-3-4-5-6-7-8-9-11-14-17(20)19(2)16-13-10-12-15-18(21)22/h3H,1,4-16H2,2H3,(H,21,22). The number of unbranched alkanes of at least 4 members (excludes halogenated alkanes) is 8. The first-order chi connectivity index (χ1) is 10.6. The molecule has 0 aromatic heterocycles. The predicted molar refractivity (Wildman–Crippen MR) is 90.9 cm³/mol. The lowest BCUT2D eigenvalue weighted by Crippen LogP contribution is -2.27. The van der Waals surface area contributed by atoms with Gasteiger partial charge in [0.2, 0.25) is 5.91 Å². The summed E-state index contributed by atoms with van der Waals surface area (Å²) in [5, 5.41) is 8.54. The third-order valence-electron chi connectivity index (χ3n) is 3.86. The Balaban J connectivity index is 3.42. The minimum Gasteiger partial charge on any atom is -0.481 e. The van der Waals surface area contributed by atoms with Crippen LogP contribution in [0.15, 0.2) is 12.7 Å². The van der Waals surface area contributed by atoms with Crippen molar-refractivity contribution >= 4 is 11.9 Å². The van der Waals surface area contributed by atoms with Gasteiger partial charge in [0.05, 0.1) is 0 Å². The highest BCUT2D eigenvalue weighted by atomic mass is 16.4. The molecule has 0 spiro atoms. The van der Waals surface area contributed by atoms with Crippen molar-refractivity contribution < 1.29 is 14.7 Å². The van der Waals surface area contributed by atoms with E-state index in [0.717, 1.165) is 38.6 Å². The Morgan fingerprint density at radius 3 is 2.09 bits per heavy atom. The first-order valence-corrected chi connectivity index (χ1v) is 8.64. The molecule has 22 heavy (non-hydrogen) atoms. The molecule has 0 saturated carbocycles. The number of carboxylic acids is 1. The van der Waals surface area contributed by atoms with E-state index >= 15 is 0 Å². The van der Waals surface area contributed by atoms with Crippen molar-refractivity contribution in [1.82, 2.24) is 4.90 Å². The fourth-order valence-electron chi connectivity index (χ4n) is 2.39. The molecular weight excluding hydrogens is 278 g/mol. The fourth-order valence-corrected chi connectivity index (χ4v) is 2.39. The molecule has 0 aromatic carbocycles. The van der Waals surface area contributed by atoms with Crippen molar-refractivity contribution in [2.75, 3.05) is 13.6 Å². The smallest absolute Gasteiger partial charge is 0.303 e. The molecule has 0 aliphatic rings. The van der Waals surface area contributed by atoms with Crippen LogP contribution in [0.3, 0.4) is 0 Å². The minimum atomic E-state index is -0.742. The zero-order valence-electron chi connectivity index (χ0n) is 14.2. The highest BCUT2D eigenvalue weighted by molar-refractivity contribution is 5.75. The lowest BCUT2D eigenvalue weighted by molar-refractivity contribution is -0.137. The average molecular weight is 311 g/mol. The molecule has 0 fully saturated rings. The molecular formula is C18H33NO3. The number of rotatable bonds is 15. The molecule has 4 heteroatoms. The average Bonchev–Trinajstić information content (AvgIpc) is 2.48. The van der Waals surface area contributed by atoms with Crippen LogP contribution < -0.4 is 0 Å². The van der Waals surface area contributed by atoms with Gasteiger partial charge < -0.3 is 10.0 Å². The summed E-state index contributed by atoms with van der Waals surface area (Å²) in [7, 11) is 1.84. The molecule has 0 rings (SSSR count). The van der Waals surface area contributed by atoms with Crippen molar-refractivity contribution in [1.29, 1.82) is 0 Å². The molecule has 0 atom stereocenters. The molecule has 0 unspecified atom stereocenters. The summed E-state index contributed by atoms with van der Waals surface area (Å²) in [6.45, 7) is 4.45. The summed E-state index contributed by atoms with van der Waals surface area (Å²) in [5.74, 6) is -0.529. The van der Waals surface area contributed by atoms with Gasteiger partial charge in [-0.1, -0.05) is 38.2 Å². The maximum Gasteiger partial charge on any atom is 0.303 e. The molecule has 0 saturated heterocycles. The van der Waals surface area contributed by atoms with Crippen LogP contribution in [0.2, 0.25) is 0 Å². The highest BCUT2D eigenvalue weighted by Crippen LogP contribution is 2.10. The molecule has 1 amide bonds. The van der Waals surface area contributed by atoms with Gasteiger partial charge in [-0.25, -0.2) is 0 Å². The van der Waals surface area contributed by atoms with Gasteiger partial charge in [0.1, 0.15) is 0 Å². The van der Waals surface area contributed by atoms with Crippen LogP contribution in [-0.4, -0.2) is 35.5 Å². The largest absolute Gasteiger partial charge is 0.481 e. The number of allylic oxidation sites excluding steroid dienone is 1. The van der Waals surface area contributed by atoms with Crippen LogP contribution in [-0.2, 0) is 9.59 Å². The van der Waals surface area contributed by atoms with E-state index in [1.165, 1.54) is 25.7 Å². The van der Waals surface area contributed by atoms with Gasteiger partial charge in [0.25, 0.3) is 0 Å². The highest BCUT2D eigenvalue weighted by Gasteiger charge is 2.07. The van der Waals surface area contributed by atoms with E-state index in [1.54, 1.807) is 4.90 Å². The van der Waals surface area contributed by atoms with E-state index in [4.69, 9.17) is 5.11 Å². The summed E-state index contributed by atoms with van der Waals surface area (Å²) in [6.07, 6.45) is 13.5. The Morgan fingerprint density at radius 2 is 1.45 bits per heavy atom. The quantitative estimate of drug-likeness (QED) is 0.360. The summed E-state index contributed by atoms with van der Waals surface area (Å²) in [5.41, 5.74) is 0. The fraction of sp³-hybridized carbons (Fsp3) is 0.778. The van der Waals surface area contributed by atoms with Gasteiger partial charge in [-0.15, -0.1) is 6.58 Å². The zero-order chi connectivity index (χ0) is 16.6. The third-order valence-corrected chi connectivity index (χ3v) is 3.86. The van der Waals surface area contributed by atoms with Gasteiger partial charge in [-0.05, 0) is 32.1 Å². The maximum atomic E-state index is 11.9. The second-order valence-electron chi connectivity index (χ2n) is 5.97. The molecule has 0 radical (unpaired) electrons. The number of carbonyl (C=O) groups excluding carboxylic acids is 1. The van der Waals surface area contributed by atoms with Gasteiger partial charge in [-0.3, -0.25) is 9.59 Å². The molecule has 0 aliphatic heterocycles. The van der Waals surface area contributed by atoms with E-state index < -0.39 is 5.97 Å². The lowest BCUT2D eigenvalue weighted by Gasteiger charge is -2.16. The Morgan fingerprint density at radius 1 is 0.909 bits per heavy atom. The molecule has 4 nitrogen and oxygen atoms in total. The van der Waals surface area contributed by atoms with E-state index in [-0.39, 0.29) is 12.3 Å². The molecule has 0 bridgehead atoms. The van der Waals surface area contributed by atoms with Crippen molar-refractivity contribution in [3.63, 3.8) is 0 Å². The van der Waals surface area contributed by atoms with E-state index in [0.29, 0.717) is 12.8 Å². The third kappa shape index (κ3) is 13.7. The normalized spacial score (nSPS) is 10.4. The van der Waals surface area contributed by atoms with Crippen molar-refractivity contribution in [3.05, 3.63) is 12.7 Å². The number of carbonyl (C=O) groups is 2. The number of aliphatic carboxylic acids is 1. The lowest BCUT2D eigenvalue weighted by atomic mass is 10.1. The van der Waals surface area contributed by atoms with E-state index in [1.807, 2.05) is 13.1 Å². The second-order valence-corrected chi connectivity index (χ2v) is 5.97. The topological polar surface area (TPSA) is 57.6 Å². The first-order valence-electron chi connectivity index (χ1n) is 8.64. The number of carboxylic acid groups (broad SMARTS) is 1. The Hall–Kier alpha value is -1.32. The second kappa shape index (κ2) is 14.6. The van der Waals surface area contributed by atoms with Crippen LogP contribution in [0.1, 0.15) is 77.0 Å². The van der Waals surface area contributed by atoms with Crippen LogP contribution in [0.5, 0.6) is 0 Å². The van der Waals surface area contributed by atoms with Gasteiger partial charge in [0.15, 0.2) is 0 Å².